The van der Waals surface area contributed by atoms with Gasteiger partial charge in [0.2, 0.25) is 10.0 Å². The van der Waals surface area contributed by atoms with E-state index < -0.39 is 10.0 Å². The van der Waals surface area contributed by atoms with E-state index in [2.05, 4.69) is 20.7 Å². The lowest BCUT2D eigenvalue weighted by molar-refractivity contribution is 0.581. The van der Waals surface area contributed by atoms with Crippen LogP contribution in [0.3, 0.4) is 0 Å². The summed E-state index contributed by atoms with van der Waals surface area (Å²) in [6.07, 6.45) is 0. The Morgan fingerprint density at radius 3 is 2.60 bits per heavy atom. The van der Waals surface area contributed by atoms with Crippen LogP contribution in [0.2, 0.25) is 0 Å². The minimum Gasteiger partial charge on any atom is -0.398 e. The molecule has 3 N–H and O–H groups in total. The van der Waals surface area contributed by atoms with Crippen molar-refractivity contribution >= 4 is 43.0 Å². The standard InChI is InChI=1S/C13H15BrN2O2S2/c1-8-3-4-19-12(8)7-16-20(17,18)13-6-11(15)10(14)5-9(13)2/h3-6,16H,7,15H2,1-2H3. The number of nitrogens with two attached hydrogens (primary N) is 1. The molecule has 1 aromatic heterocycles. The lowest BCUT2D eigenvalue weighted by atomic mass is 10.2. The first-order valence-corrected chi connectivity index (χ1v) is 9.05. The normalized spacial score (nSPS) is 11.8. The number of nitrogen functional groups attached to an aromatic ring is 1. The van der Waals surface area contributed by atoms with Gasteiger partial charge in [-0.2, -0.15) is 0 Å². The van der Waals surface area contributed by atoms with Crippen LogP contribution in [0.5, 0.6) is 0 Å². The third-order valence-electron chi connectivity index (χ3n) is 2.97. The van der Waals surface area contributed by atoms with Gasteiger partial charge in [0.05, 0.1) is 4.90 Å². The number of nitrogens with one attached hydrogen (secondary N) is 1. The number of anilines is 1. The zero-order valence-electron chi connectivity index (χ0n) is 11.1. The first-order valence-electron chi connectivity index (χ1n) is 5.89. The second-order valence-corrected chi connectivity index (χ2v) is 8.08. The highest BCUT2D eigenvalue weighted by Gasteiger charge is 2.18. The van der Waals surface area contributed by atoms with E-state index >= 15 is 0 Å². The highest BCUT2D eigenvalue weighted by molar-refractivity contribution is 9.10. The molecule has 4 nitrogen and oxygen atoms in total. The van der Waals surface area contributed by atoms with Crippen LogP contribution >= 0.6 is 27.3 Å². The van der Waals surface area contributed by atoms with Crippen LogP contribution in [0, 0.1) is 13.8 Å². The molecule has 0 saturated carbocycles. The molecule has 0 fully saturated rings. The molecule has 20 heavy (non-hydrogen) atoms. The molecule has 2 rings (SSSR count). The Morgan fingerprint density at radius 2 is 2.00 bits per heavy atom. The van der Waals surface area contributed by atoms with Crippen molar-refractivity contribution < 1.29 is 8.42 Å². The summed E-state index contributed by atoms with van der Waals surface area (Å²) in [5, 5.41) is 1.95. The average molecular weight is 375 g/mol. The van der Waals surface area contributed by atoms with Crippen LogP contribution in [0.25, 0.3) is 0 Å². The molecule has 0 bridgehead atoms. The van der Waals surface area contributed by atoms with Crippen molar-refractivity contribution in [2.75, 3.05) is 5.73 Å². The molecule has 0 aliphatic rings. The van der Waals surface area contributed by atoms with E-state index in [0.717, 1.165) is 10.4 Å². The molecule has 1 heterocycles. The molecule has 0 atom stereocenters. The quantitative estimate of drug-likeness (QED) is 0.807. The number of rotatable bonds is 4. The summed E-state index contributed by atoms with van der Waals surface area (Å²) in [4.78, 5) is 1.23. The zero-order chi connectivity index (χ0) is 14.9. The SMILES string of the molecule is Cc1cc(Br)c(N)cc1S(=O)(=O)NCc1sccc1C. The Bertz CT molecular complexity index is 739. The summed E-state index contributed by atoms with van der Waals surface area (Å²) in [7, 11) is -3.57. The fourth-order valence-electron chi connectivity index (χ4n) is 1.78. The number of hydrogen-bond donors (Lipinski definition) is 2. The van der Waals surface area contributed by atoms with Crippen LogP contribution in [0.15, 0.2) is 32.9 Å². The maximum Gasteiger partial charge on any atom is 0.241 e. The third-order valence-corrected chi connectivity index (χ3v) is 6.23. The van der Waals surface area contributed by atoms with Gasteiger partial charge in [-0.25, -0.2) is 13.1 Å². The van der Waals surface area contributed by atoms with Crippen molar-refractivity contribution in [3.05, 3.63) is 44.1 Å². The van der Waals surface area contributed by atoms with Crippen molar-refractivity contribution in [1.82, 2.24) is 4.72 Å². The molecule has 0 aliphatic carbocycles. The van der Waals surface area contributed by atoms with Crippen LogP contribution in [0.4, 0.5) is 5.69 Å². The minimum absolute atomic E-state index is 0.215. The van der Waals surface area contributed by atoms with Crippen LogP contribution in [0.1, 0.15) is 16.0 Å². The Hall–Kier alpha value is -0.890. The van der Waals surface area contributed by atoms with Gasteiger partial charge in [-0.05, 0) is 64.5 Å². The molecule has 1 aromatic carbocycles. The minimum atomic E-state index is -3.57. The van der Waals surface area contributed by atoms with Crippen molar-refractivity contribution in [3.8, 4) is 0 Å². The Kier molecular flexibility index (Phi) is 4.53. The number of halogens is 1. The van der Waals surface area contributed by atoms with E-state index in [1.54, 1.807) is 13.0 Å². The summed E-state index contributed by atoms with van der Waals surface area (Å²) < 4.78 is 28.0. The highest BCUT2D eigenvalue weighted by Crippen LogP contribution is 2.27. The molecular formula is C13H15BrN2O2S2. The summed E-state index contributed by atoms with van der Waals surface area (Å²) in [5.74, 6) is 0. The molecule has 0 radical (unpaired) electrons. The van der Waals surface area contributed by atoms with Gasteiger partial charge in [0.25, 0.3) is 0 Å². The van der Waals surface area contributed by atoms with Crippen LogP contribution in [-0.4, -0.2) is 8.42 Å². The predicted molar refractivity (Wildman–Crippen MR) is 86.4 cm³/mol. The molecule has 0 spiro atoms. The number of sulfonamides is 1. The van der Waals surface area contributed by atoms with Gasteiger partial charge >= 0.3 is 0 Å². The van der Waals surface area contributed by atoms with Crippen molar-refractivity contribution in [1.29, 1.82) is 0 Å². The van der Waals surface area contributed by atoms with Crippen LogP contribution < -0.4 is 10.5 Å². The molecule has 0 unspecified atom stereocenters. The second-order valence-electron chi connectivity index (χ2n) is 4.49. The maximum atomic E-state index is 12.3. The van der Waals surface area contributed by atoms with E-state index in [4.69, 9.17) is 5.73 Å². The van der Waals surface area contributed by atoms with Gasteiger partial charge in [0.15, 0.2) is 0 Å². The van der Waals surface area contributed by atoms with Crippen LogP contribution in [-0.2, 0) is 16.6 Å². The summed E-state index contributed by atoms with van der Waals surface area (Å²) in [6.45, 7) is 4.00. The van der Waals surface area contributed by atoms with E-state index in [0.29, 0.717) is 22.3 Å². The third kappa shape index (κ3) is 3.22. The maximum absolute atomic E-state index is 12.3. The summed E-state index contributed by atoms with van der Waals surface area (Å²) in [5.41, 5.74) is 7.91. The Labute approximate surface area is 131 Å². The zero-order valence-corrected chi connectivity index (χ0v) is 14.3. The first-order chi connectivity index (χ1) is 9.31. The van der Waals surface area contributed by atoms with Gasteiger partial charge in [-0.3, -0.25) is 0 Å². The van der Waals surface area contributed by atoms with Crippen molar-refractivity contribution in [3.63, 3.8) is 0 Å². The molecular weight excluding hydrogens is 360 g/mol. The topological polar surface area (TPSA) is 72.2 Å². The van der Waals surface area contributed by atoms with E-state index in [-0.39, 0.29) is 4.90 Å². The second kappa shape index (κ2) is 5.85. The number of aryl methyl sites for hydroxylation is 2. The van der Waals surface area contributed by atoms with Gasteiger partial charge in [-0.15, -0.1) is 11.3 Å². The molecule has 7 heteroatoms. The fraction of sp³-hybridized carbons (Fsp3) is 0.231. The van der Waals surface area contributed by atoms with Gasteiger partial charge in [-0.1, -0.05) is 0 Å². The average Bonchev–Trinajstić information content (AvgIpc) is 2.77. The molecule has 2 aromatic rings. The number of benzene rings is 1. The number of thiophene rings is 1. The molecule has 0 amide bonds. The molecule has 0 saturated heterocycles. The van der Waals surface area contributed by atoms with Gasteiger partial charge in [0.1, 0.15) is 0 Å². The lowest BCUT2D eigenvalue weighted by Gasteiger charge is -2.11. The monoisotopic (exact) mass is 374 g/mol. The Morgan fingerprint density at radius 1 is 1.30 bits per heavy atom. The first kappa shape index (κ1) is 15.5. The van der Waals surface area contributed by atoms with E-state index in [9.17, 15) is 8.42 Å². The highest BCUT2D eigenvalue weighted by atomic mass is 79.9. The van der Waals surface area contributed by atoms with Gasteiger partial charge < -0.3 is 5.73 Å². The predicted octanol–water partition coefficient (Wildman–Crippen LogP) is 3.19. The van der Waals surface area contributed by atoms with Crippen molar-refractivity contribution in [2.45, 2.75) is 25.3 Å². The van der Waals surface area contributed by atoms with Gasteiger partial charge in [0, 0.05) is 21.6 Å². The molecule has 108 valence electrons. The smallest absolute Gasteiger partial charge is 0.241 e. The molecule has 0 aliphatic heterocycles. The largest absolute Gasteiger partial charge is 0.398 e. The van der Waals surface area contributed by atoms with E-state index in [1.165, 1.54) is 17.4 Å². The fourth-order valence-corrected chi connectivity index (χ4v) is 4.43. The van der Waals surface area contributed by atoms with Crippen molar-refractivity contribution in [2.24, 2.45) is 0 Å². The lowest BCUT2D eigenvalue weighted by Crippen LogP contribution is -2.24. The number of hydrogen-bond acceptors (Lipinski definition) is 4. The van der Waals surface area contributed by atoms with E-state index in [1.807, 2.05) is 18.4 Å². The summed E-state index contributed by atoms with van der Waals surface area (Å²) in [6, 6.07) is 5.15. The summed E-state index contributed by atoms with van der Waals surface area (Å²) >= 11 is 4.82. The Balaban J connectivity index is 2.27.